The van der Waals surface area contributed by atoms with E-state index in [2.05, 4.69) is 16.0 Å². The number of aryl methyl sites for hydroxylation is 1. The number of hydrogen-bond acceptors (Lipinski definition) is 5. The van der Waals surface area contributed by atoms with Crippen LogP contribution in [-0.2, 0) is 6.42 Å². The van der Waals surface area contributed by atoms with Crippen LogP contribution in [0.5, 0.6) is 0 Å². The molecular formula is C19H22N4O2. The first kappa shape index (κ1) is 17.2. The molecule has 1 fully saturated rings. The van der Waals surface area contributed by atoms with Gasteiger partial charge in [-0.15, -0.1) is 0 Å². The summed E-state index contributed by atoms with van der Waals surface area (Å²) in [5.74, 6) is 0.930. The number of benzene rings is 1. The Kier molecular flexibility index (Phi) is 5.15. The van der Waals surface area contributed by atoms with Crippen LogP contribution < -0.4 is 10.5 Å². The molecule has 0 spiro atoms. The third-order valence-corrected chi connectivity index (χ3v) is 4.63. The molecule has 1 aromatic heterocycles. The molecule has 1 aliphatic rings. The first-order chi connectivity index (χ1) is 12.1. The van der Waals surface area contributed by atoms with Crippen molar-refractivity contribution in [3.63, 3.8) is 0 Å². The van der Waals surface area contributed by atoms with Crippen molar-refractivity contribution in [2.45, 2.75) is 38.6 Å². The molecule has 2 N–H and O–H groups in total. The number of nitrogens with zero attached hydrogens (tertiary/aromatic N) is 3. The van der Waals surface area contributed by atoms with Crippen LogP contribution in [0.15, 0.2) is 29.1 Å². The van der Waals surface area contributed by atoms with Crippen molar-refractivity contribution in [2.24, 2.45) is 0 Å². The number of nitriles is 1. The number of rotatable bonds is 4. The van der Waals surface area contributed by atoms with Crippen molar-refractivity contribution in [1.82, 2.24) is 9.97 Å². The number of H-pyrrole nitrogens is 1. The lowest BCUT2D eigenvalue weighted by Gasteiger charge is -2.35. The zero-order chi connectivity index (χ0) is 17.8. The zero-order valence-corrected chi connectivity index (χ0v) is 14.3. The number of aliphatic hydroxyl groups excluding tert-OH is 1. The average Bonchev–Trinajstić information content (AvgIpc) is 2.61. The smallest absolute Gasteiger partial charge is 0.271 e. The summed E-state index contributed by atoms with van der Waals surface area (Å²) in [7, 11) is 0. The van der Waals surface area contributed by atoms with Gasteiger partial charge < -0.3 is 15.0 Å². The second-order valence-electron chi connectivity index (χ2n) is 6.51. The highest BCUT2D eigenvalue weighted by Crippen LogP contribution is 2.24. The van der Waals surface area contributed by atoms with Gasteiger partial charge in [0.2, 0.25) is 0 Å². The van der Waals surface area contributed by atoms with Gasteiger partial charge >= 0.3 is 0 Å². The third-order valence-electron chi connectivity index (χ3n) is 4.63. The molecule has 6 nitrogen and oxygen atoms in total. The Morgan fingerprint density at radius 3 is 3.00 bits per heavy atom. The predicted octanol–water partition coefficient (Wildman–Crippen LogP) is 1.89. The Balaban J connectivity index is 2.00. The van der Waals surface area contributed by atoms with E-state index < -0.39 is 5.56 Å². The minimum absolute atomic E-state index is 0.00738. The summed E-state index contributed by atoms with van der Waals surface area (Å²) in [5, 5.41) is 19.1. The molecule has 1 saturated heterocycles. The van der Waals surface area contributed by atoms with E-state index >= 15 is 0 Å². The molecule has 0 bridgehead atoms. The van der Waals surface area contributed by atoms with Gasteiger partial charge in [-0.25, -0.2) is 4.98 Å². The number of aromatic nitrogens is 2. The number of nitrogens with one attached hydrogen (secondary N) is 1. The van der Waals surface area contributed by atoms with Crippen LogP contribution in [0, 0.1) is 18.3 Å². The van der Waals surface area contributed by atoms with E-state index in [0.717, 1.165) is 30.4 Å². The highest BCUT2D eigenvalue weighted by Gasteiger charge is 2.26. The Hall–Kier alpha value is -2.65. The highest BCUT2D eigenvalue weighted by molar-refractivity contribution is 5.54. The first-order valence-electron chi connectivity index (χ1n) is 8.58. The van der Waals surface area contributed by atoms with Crippen LogP contribution in [0.1, 0.15) is 41.8 Å². The second kappa shape index (κ2) is 7.49. The molecule has 3 rings (SSSR count). The molecule has 0 radical (unpaired) electrons. The van der Waals surface area contributed by atoms with E-state index in [1.807, 2.05) is 36.1 Å². The molecule has 0 amide bonds. The predicted molar refractivity (Wildman–Crippen MR) is 95.6 cm³/mol. The molecule has 1 aliphatic heterocycles. The maximum absolute atomic E-state index is 12.4. The fraction of sp³-hybridized carbons (Fsp3) is 0.421. The van der Waals surface area contributed by atoms with Gasteiger partial charge in [-0.1, -0.05) is 29.8 Å². The minimum atomic E-state index is -0.419. The summed E-state index contributed by atoms with van der Waals surface area (Å²) >= 11 is 0. The van der Waals surface area contributed by atoms with Crippen molar-refractivity contribution in [3.05, 3.63) is 57.1 Å². The number of piperidine rings is 1. The van der Waals surface area contributed by atoms with Crippen LogP contribution >= 0.6 is 0 Å². The van der Waals surface area contributed by atoms with Gasteiger partial charge in [0, 0.05) is 13.0 Å². The maximum atomic E-state index is 12.4. The van der Waals surface area contributed by atoms with Gasteiger partial charge in [0.1, 0.15) is 11.9 Å². The quantitative estimate of drug-likeness (QED) is 0.888. The molecule has 0 aliphatic carbocycles. The fourth-order valence-electron chi connectivity index (χ4n) is 3.38. The molecule has 1 unspecified atom stereocenters. The van der Waals surface area contributed by atoms with Crippen LogP contribution in [0.2, 0.25) is 0 Å². The van der Waals surface area contributed by atoms with Crippen LogP contribution in [0.4, 0.5) is 5.82 Å². The molecule has 25 heavy (non-hydrogen) atoms. The van der Waals surface area contributed by atoms with E-state index in [1.54, 1.807) is 0 Å². The lowest BCUT2D eigenvalue weighted by atomic mass is 10.0. The van der Waals surface area contributed by atoms with Gasteiger partial charge in [-0.05, 0) is 31.7 Å². The van der Waals surface area contributed by atoms with Gasteiger partial charge in [0.15, 0.2) is 11.4 Å². The Morgan fingerprint density at radius 2 is 2.28 bits per heavy atom. The van der Waals surface area contributed by atoms with Gasteiger partial charge in [-0.2, -0.15) is 5.26 Å². The van der Waals surface area contributed by atoms with E-state index in [0.29, 0.717) is 24.6 Å². The summed E-state index contributed by atoms with van der Waals surface area (Å²) < 4.78 is 0. The van der Waals surface area contributed by atoms with E-state index in [4.69, 9.17) is 0 Å². The third kappa shape index (κ3) is 3.72. The molecule has 130 valence electrons. The van der Waals surface area contributed by atoms with Gasteiger partial charge in [0.05, 0.1) is 12.6 Å². The molecule has 1 aromatic carbocycles. The van der Waals surface area contributed by atoms with E-state index in [-0.39, 0.29) is 18.2 Å². The molecule has 6 heteroatoms. The molecule has 0 saturated carbocycles. The van der Waals surface area contributed by atoms with Crippen molar-refractivity contribution >= 4 is 5.82 Å². The largest absolute Gasteiger partial charge is 0.394 e. The van der Waals surface area contributed by atoms with Gasteiger partial charge in [0.25, 0.3) is 5.56 Å². The van der Waals surface area contributed by atoms with Crippen molar-refractivity contribution < 1.29 is 5.11 Å². The summed E-state index contributed by atoms with van der Waals surface area (Å²) in [6, 6.07) is 9.91. The summed E-state index contributed by atoms with van der Waals surface area (Å²) in [6.45, 7) is 2.70. The number of aromatic amines is 1. The first-order valence-corrected chi connectivity index (χ1v) is 8.58. The van der Waals surface area contributed by atoms with Crippen molar-refractivity contribution in [2.75, 3.05) is 18.1 Å². The van der Waals surface area contributed by atoms with Crippen LogP contribution in [0.25, 0.3) is 0 Å². The Labute approximate surface area is 146 Å². The maximum Gasteiger partial charge on any atom is 0.271 e. The number of aliphatic hydroxyl groups is 1. The SMILES string of the molecule is Cc1cccc(Cc2nc(N3CCCCC3CO)c(C#N)c(=O)[nH]2)c1. The number of anilines is 1. The molecule has 2 heterocycles. The Morgan fingerprint density at radius 1 is 1.44 bits per heavy atom. The molecular weight excluding hydrogens is 316 g/mol. The monoisotopic (exact) mass is 338 g/mol. The molecule has 2 aromatic rings. The summed E-state index contributed by atoms with van der Waals surface area (Å²) in [5.41, 5.74) is 1.80. The lowest BCUT2D eigenvalue weighted by Crippen LogP contribution is -2.43. The fourth-order valence-corrected chi connectivity index (χ4v) is 3.38. The minimum Gasteiger partial charge on any atom is -0.394 e. The number of hydrogen-bond donors (Lipinski definition) is 2. The van der Waals surface area contributed by atoms with Crippen LogP contribution in [0.3, 0.4) is 0 Å². The van der Waals surface area contributed by atoms with Crippen LogP contribution in [-0.4, -0.2) is 34.3 Å². The summed E-state index contributed by atoms with van der Waals surface area (Å²) in [6.07, 6.45) is 3.32. The normalized spacial score (nSPS) is 17.3. The second-order valence-corrected chi connectivity index (χ2v) is 6.51. The standard InChI is InChI=1S/C19H22N4O2/c1-13-5-4-6-14(9-13)10-17-21-18(16(11-20)19(25)22-17)23-8-3-2-7-15(23)12-24/h4-6,9,15,24H,2-3,7-8,10,12H2,1H3,(H,21,22,25). The van der Waals surface area contributed by atoms with Gasteiger partial charge in [-0.3, -0.25) is 4.79 Å². The zero-order valence-electron chi connectivity index (χ0n) is 14.3. The molecule has 1 atom stereocenters. The highest BCUT2D eigenvalue weighted by atomic mass is 16.3. The lowest BCUT2D eigenvalue weighted by molar-refractivity contribution is 0.239. The van der Waals surface area contributed by atoms with Crippen molar-refractivity contribution in [3.8, 4) is 6.07 Å². The summed E-state index contributed by atoms with van der Waals surface area (Å²) in [4.78, 5) is 21.6. The Bertz CT molecular complexity index is 853. The van der Waals surface area contributed by atoms with Crippen molar-refractivity contribution in [1.29, 1.82) is 5.26 Å². The average molecular weight is 338 g/mol. The van der Waals surface area contributed by atoms with E-state index in [9.17, 15) is 15.2 Å². The topological polar surface area (TPSA) is 93.0 Å². The van der Waals surface area contributed by atoms with E-state index in [1.165, 1.54) is 0 Å².